The highest BCUT2D eigenvalue weighted by Gasteiger charge is 2.09. The summed E-state index contributed by atoms with van der Waals surface area (Å²) in [5.41, 5.74) is 2.20. The zero-order chi connectivity index (χ0) is 15.2. The van der Waals surface area contributed by atoms with E-state index in [-0.39, 0.29) is 12.2 Å². The SMILES string of the molecule is C=CCC(F)c1cccc(-c2ccc(OC(F)F)cc2)c1. The Morgan fingerprint density at radius 1 is 1.00 bits per heavy atom. The molecule has 0 saturated heterocycles. The largest absolute Gasteiger partial charge is 0.435 e. The summed E-state index contributed by atoms with van der Waals surface area (Å²) in [5.74, 6) is 0.0972. The number of halogens is 3. The summed E-state index contributed by atoms with van der Waals surface area (Å²) in [6.07, 6.45) is 0.696. The van der Waals surface area contributed by atoms with E-state index in [9.17, 15) is 13.2 Å². The van der Waals surface area contributed by atoms with Gasteiger partial charge in [0.1, 0.15) is 11.9 Å². The Labute approximate surface area is 121 Å². The maximum absolute atomic E-state index is 13.9. The van der Waals surface area contributed by atoms with Gasteiger partial charge in [-0.25, -0.2) is 4.39 Å². The van der Waals surface area contributed by atoms with Crippen LogP contribution in [0.5, 0.6) is 5.75 Å². The first-order valence-corrected chi connectivity index (χ1v) is 6.50. The summed E-state index contributed by atoms with van der Waals surface area (Å²) in [6.45, 7) is 0.683. The van der Waals surface area contributed by atoms with Gasteiger partial charge in [-0.3, -0.25) is 0 Å². The van der Waals surface area contributed by atoms with Crippen molar-refractivity contribution in [3.63, 3.8) is 0 Å². The first-order chi connectivity index (χ1) is 10.1. The number of alkyl halides is 3. The molecule has 21 heavy (non-hydrogen) atoms. The Morgan fingerprint density at radius 2 is 1.71 bits per heavy atom. The van der Waals surface area contributed by atoms with Crippen LogP contribution in [0, 0.1) is 0 Å². The number of benzene rings is 2. The molecule has 0 fully saturated rings. The third kappa shape index (κ3) is 4.12. The molecule has 110 valence electrons. The van der Waals surface area contributed by atoms with Crippen LogP contribution >= 0.6 is 0 Å². The molecule has 1 atom stereocenters. The predicted molar refractivity (Wildman–Crippen MR) is 77.2 cm³/mol. The number of hydrogen-bond donors (Lipinski definition) is 0. The third-order valence-corrected chi connectivity index (χ3v) is 3.03. The maximum Gasteiger partial charge on any atom is 0.387 e. The summed E-state index contributed by atoms with van der Waals surface area (Å²) >= 11 is 0. The summed E-state index contributed by atoms with van der Waals surface area (Å²) in [4.78, 5) is 0. The van der Waals surface area contributed by atoms with Crippen molar-refractivity contribution in [2.45, 2.75) is 19.2 Å². The minimum Gasteiger partial charge on any atom is -0.435 e. The summed E-state index contributed by atoms with van der Waals surface area (Å²) in [5, 5.41) is 0. The normalized spacial score (nSPS) is 12.2. The van der Waals surface area contributed by atoms with Gasteiger partial charge in [-0.2, -0.15) is 8.78 Å². The molecule has 0 amide bonds. The molecule has 0 aliphatic carbocycles. The highest BCUT2D eigenvalue weighted by Crippen LogP contribution is 2.28. The van der Waals surface area contributed by atoms with Gasteiger partial charge < -0.3 is 4.74 Å². The van der Waals surface area contributed by atoms with E-state index in [2.05, 4.69) is 11.3 Å². The number of ether oxygens (including phenoxy) is 1. The topological polar surface area (TPSA) is 9.23 Å². The van der Waals surface area contributed by atoms with Crippen molar-refractivity contribution in [2.24, 2.45) is 0 Å². The van der Waals surface area contributed by atoms with Gasteiger partial charge in [0.2, 0.25) is 0 Å². The van der Waals surface area contributed by atoms with Gasteiger partial charge in [0, 0.05) is 6.42 Å². The molecule has 2 aromatic rings. The molecule has 0 N–H and O–H groups in total. The van der Waals surface area contributed by atoms with Gasteiger partial charge in [-0.05, 0) is 34.9 Å². The molecule has 0 radical (unpaired) electrons. The maximum atomic E-state index is 13.9. The van der Waals surface area contributed by atoms with E-state index < -0.39 is 12.8 Å². The van der Waals surface area contributed by atoms with Crippen LogP contribution in [0.4, 0.5) is 13.2 Å². The molecule has 0 aliphatic heterocycles. The van der Waals surface area contributed by atoms with E-state index in [0.717, 1.165) is 11.1 Å². The van der Waals surface area contributed by atoms with E-state index in [1.165, 1.54) is 18.2 Å². The monoisotopic (exact) mass is 292 g/mol. The van der Waals surface area contributed by atoms with Crippen molar-refractivity contribution >= 4 is 0 Å². The fourth-order valence-corrected chi connectivity index (χ4v) is 2.02. The Balaban J connectivity index is 2.21. The van der Waals surface area contributed by atoms with E-state index in [1.807, 2.05) is 6.07 Å². The van der Waals surface area contributed by atoms with Gasteiger partial charge >= 0.3 is 6.61 Å². The van der Waals surface area contributed by atoms with E-state index in [0.29, 0.717) is 5.56 Å². The first-order valence-electron chi connectivity index (χ1n) is 6.50. The van der Waals surface area contributed by atoms with Gasteiger partial charge in [-0.1, -0.05) is 36.4 Å². The number of hydrogen-bond acceptors (Lipinski definition) is 1. The minimum atomic E-state index is -2.84. The van der Waals surface area contributed by atoms with Gasteiger partial charge in [0.15, 0.2) is 0 Å². The molecule has 2 aromatic carbocycles. The average Bonchev–Trinajstić information content (AvgIpc) is 2.48. The highest BCUT2D eigenvalue weighted by molar-refractivity contribution is 5.65. The van der Waals surface area contributed by atoms with Crippen LogP contribution in [0.25, 0.3) is 11.1 Å². The average molecular weight is 292 g/mol. The second-order valence-corrected chi connectivity index (χ2v) is 4.52. The molecule has 0 saturated carbocycles. The van der Waals surface area contributed by atoms with Crippen molar-refractivity contribution < 1.29 is 17.9 Å². The van der Waals surface area contributed by atoms with E-state index >= 15 is 0 Å². The van der Waals surface area contributed by atoms with Gasteiger partial charge in [0.25, 0.3) is 0 Å². The predicted octanol–water partition coefficient (Wildman–Crippen LogP) is 5.54. The van der Waals surface area contributed by atoms with Crippen molar-refractivity contribution in [1.82, 2.24) is 0 Å². The van der Waals surface area contributed by atoms with Gasteiger partial charge in [0.05, 0.1) is 0 Å². The molecule has 1 nitrogen and oxygen atoms in total. The number of allylic oxidation sites excluding steroid dienone is 1. The van der Waals surface area contributed by atoms with Crippen molar-refractivity contribution in [2.75, 3.05) is 0 Å². The molecule has 0 spiro atoms. The first kappa shape index (κ1) is 15.2. The van der Waals surface area contributed by atoms with Crippen LogP contribution in [-0.2, 0) is 0 Å². The Hall–Kier alpha value is -2.23. The van der Waals surface area contributed by atoms with E-state index in [1.54, 1.807) is 30.3 Å². The zero-order valence-electron chi connectivity index (χ0n) is 11.3. The lowest BCUT2D eigenvalue weighted by Crippen LogP contribution is -2.01. The van der Waals surface area contributed by atoms with Crippen molar-refractivity contribution in [3.8, 4) is 16.9 Å². The van der Waals surface area contributed by atoms with Crippen LogP contribution in [-0.4, -0.2) is 6.61 Å². The fraction of sp³-hybridized carbons (Fsp3) is 0.176. The van der Waals surface area contributed by atoms with Crippen LogP contribution in [0.2, 0.25) is 0 Å². The summed E-state index contributed by atoms with van der Waals surface area (Å²) in [6, 6.07) is 13.3. The van der Waals surface area contributed by atoms with Crippen LogP contribution in [0.1, 0.15) is 18.2 Å². The van der Waals surface area contributed by atoms with Crippen molar-refractivity contribution in [1.29, 1.82) is 0 Å². The molecule has 0 bridgehead atoms. The van der Waals surface area contributed by atoms with E-state index in [4.69, 9.17) is 0 Å². The second kappa shape index (κ2) is 6.97. The molecule has 4 heteroatoms. The molecule has 0 heterocycles. The van der Waals surface area contributed by atoms with Gasteiger partial charge in [-0.15, -0.1) is 6.58 Å². The Kier molecular flexibility index (Phi) is 5.04. The lowest BCUT2D eigenvalue weighted by Gasteiger charge is -2.09. The number of rotatable bonds is 6. The molecule has 1 unspecified atom stereocenters. The molecular formula is C17H15F3O. The summed E-state index contributed by atoms with van der Waals surface area (Å²) < 4.78 is 42.3. The third-order valence-electron chi connectivity index (χ3n) is 3.03. The summed E-state index contributed by atoms with van der Waals surface area (Å²) in [7, 11) is 0. The second-order valence-electron chi connectivity index (χ2n) is 4.52. The molecule has 0 aliphatic rings. The zero-order valence-corrected chi connectivity index (χ0v) is 11.3. The smallest absolute Gasteiger partial charge is 0.387 e. The fourth-order valence-electron chi connectivity index (χ4n) is 2.02. The van der Waals surface area contributed by atoms with Crippen LogP contribution < -0.4 is 4.74 Å². The Bertz CT molecular complexity index is 593. The van der Waals surface area contributed by atoms with Crippen molar-refractivity contribution in [3.05, 3.63) is 66.7 Å². The van der Waals surface area contributed by atoms with Crippen LogP contribution in [0.15, 0.2) is 61.2 Å². The Morgan fingerprint density at radius 3 is 2.33 bits per heavy atom. The molecular weight excluding hydrogens is 277 g/mol. The molecule has 0 aromatic heterocycles. The molecule has 2 rings (SSSR count). The minimum absolute atomic E-state index is 0.0972. The highest BCUT2D eigenvalue weighted by atomic mass is 19.3. The quantitative estimate of drug-likeness (QED) is 0.635. The van der Waals surface area contributed by atoms with Crippen LogP contribution in [0.3, 0.4) is 0 Å². The lowest BCUT2D eigenvalue weighted by molar-refractivity contribution is -0.0498. The lowest BCUT2D eigenvalue weighted by atomic mass is 10.00. The standard InChI is InChI=1S/C17H15F3O/c1-2-4-16(18)14-6-3-5-13(11-14)12-7-9-15(10-8-12)21-17(19)20/h2-3,5-11,16-17H,1,4H2.